The summed E-state index contributed by atoms with van der Waals surface area (Å²) in [5, 5.41) is 5.83. The van der Waals surface area contributed by atoms with Gasteiger partial charge in [0, 0.05) is 5.56 Å². The van der Waals surface area contributed by atoms with Crippen molar-refractivity contribution in [2.45, 2.75) is 20.0 Å². The van der Waals surface area contributed by atoms with Crippen LogP contribution in [0.4, 0.5) is 0 Å². The van der Waals surface area contributed by atoms with Crippen LogP contribution < -0.4 is 14.9 Å². The van der Waals surface area contributed by atoms with Crippen molar-refractivity contribution in [2.75, 3.05) is 7.11 Å². The summed E-state index contributed by atoms with van der Waals surface area (Å²) in [5.41, 5.74) is 3.23. The lowest BCUT2D eigenvalue weighted by Crippen LogP contribution is -2.16. The van der Waals surface area contributed by atoms with Gasteiger partial charge >= 0.3 is 0 Å². The maximum atomic E-state index is 11.8. The second-order valence-corrected chi connectivity index (χ2v) is 5.67. The molecule has 1 amide bonds. The zero-order valence-corrected chi connectivity index (χ0v) is 13.5. The molecule has 0 spiro atoms. The van der Waals surface area contributed by atoms with Crippen molar-refractivity contribution < 1.29 is 14.3 Å². The van der Waals surface area contributed by atoms with Crippen LogP contribution in [0.1, 0.15) is 29.1 Å². The first-order valence-electron chi connectivity index (χ1n) is 6.82. The third kappa shape index (κ3) is 4.08. The van der Waals surface area contributed by atoms with E-state index in [1.165, 1.54) is 11.3 Å². The van der Waals surface area contributed by atoms with Gasteiger partial charge < -0.3 is 9.47 Å². The van der Waals surface area contributed by atoms with Crippen LogP contribution in [0.25, 0.3) is 0 Å². The third-order valence-corrected chi connectivity index (χ3v) is 3.57. The molecule has 2 rings (SSSR count). The van der Waals surface area contributed by atoms with Crippen LogP contribution in [0.15, 0.2) is 40.8 Å². The second kappa shape index (κ2) is 7.61. The number of methoxy groups -OCH3 is 1. The SMILES string of the molecule is COc1cccc(/C=N/NC(=O)c2cccs2)c1OC(C)C. The van der Waals surface area contributed by atoms with Crippen molar-refractivity contribution in [2.24, 2.45) is 5.10 Å². The van der Waals surface area contributed by atoms with E-state index in [-0.39, 0.29) is 12.0 Å². The van der Waals surface area contributed by atoms with E-state index in [0.717, 1.165) is 5.56 Å². The Bertz CT molecular complexity index is 651. The standard InChI is InChI=1S/C16H18N2O3S/c1-11(2)21-15-12(6-4-7-13(15)20-3)10-17-18-16(19)14-8-5-9-22-14/h4-11H,1-3H3,(H,18,19)/b17-10+. The molecule has 0 aliphatic carbocycles. The zero-order chi connectivity index (χ0) is 15.9. The van der Waals surface area contributed by atoms with E-state index < -0.39 is 0 Å². The predicted octanol–water partition coefficient (Wildman–Crippen LogP) is 3.31. The van der Waals surface area contributed by atoms with E-state index in [1.54, 1.807) is 19.4 Å². The summed E-state index contributed by atoms with van der Waals surface area (Å²) in [6.45, 7) is 3.87. The Hall–Kier alpha value is -2.34. The van der Waals surface area contributed by atoms with Gasteiger partial charge in [-0.05, 0) is 37.4 Å². The molecule has 0 unspecified atom stereocenters. The minimum Gasteiger partial charge on any atom is -0.493 e. The van der Waals surface area contributed by atoms with Crippen molar-refractivity contribution in [1.82, 2.24) is 5.43 Å². The van der Waals surface area contributed by atoms with Crippen LogP contribution in [0.5, 0.6) is 11.5 Å². The molecule has 22 heavy (non-hydrogen) atoms. The lowest BCUT2D eigenvalue weighted by Gasteiger charge is -2.15. The topological polar surface area (TPSA) is 59.9 Å². The second-order valence-electron chi connectivity index (χ2n) is 4.72. The summed E-state index contributed by atoms with van der Waals surface area (Å²) in [6.07, 6.45) is 1.55. The van der Waals surface area contributed by atoms with Crippen molar-refractivity contribution in [3.63, 3.8) is 0 Å². The number of carbonyl (C=O) groups excluding carboxylic acids is 1. The number of ether oxygens (including phenoxy) is 2. The van der Waals surface area contributed by atoms with Crippen LogP contribution in [-0.4, -0.2) is 25.3 Å². The molecule has 1 heterocycles. The van der Waals surface area contributed by atoms with Gasteiger partial charge in [0.1, 0.15) is 0 Å². The fraction of sp³-hybridized carbons (Fsp3) is 0.250. The van der Waals surface area contributed by atoms with E-state index in [9.17, 15) is 4.79 Å². The average Bonchev–Trinajstić information content (AvgIpc) is 3.02. The largest absolute Gasteiger partial charge is 0.493 e. The molecular formula is C16H18N2O3S. The fourth-order valence-electron chi connectivity index (χ4n) is 1.78. The van der Waals surface area contributed by atoms with Crippen LogP contribution in [0.2, 0.25) is 0 Å². The first-order chi connectivity index (χ1) is 10.6. The van der Waals surface area contributed by atoms with Gasteiger partial charge in [-0.1, -0.05) is 12.1 Å². The summed E-state index contributed by atoms with van der Waals surface area (Å²) < 4.78 is 11.1. The maximum Gasteiger partial charge on any atom is 0.281 e. The smallest absolute Gasteiger partial charge is 0.281 e. The van der Waals surface area contributed by atoms with Crippen LogP contribution >= 0.6 is 11.3 Å². The predicted molar refractivity (Wildman–Crippen MR) is 88.1 cm³/mol. The number of hydrogen-bond donors (Lipinski definition) is 1. The van der Waals surface area contributed by atoms with Gasteiger partial charge in [0.15, 0.2) is 11.5 Å². The van der Waals surface area contributed by atoms with Crippen molar-refractivity contribution >= 4 is 23.5 Å². The molecule has 0 saturated heterocycles. The van der Waals surface area contributed by atoms with E-state index in [4.69, 9.17) is 9.47 Å². The highest BCUT2D eigenvalue weighted by molar-refractivity contribution is 7.12. The lowest BCUT2D eigenvalue weighted by molar-refractivity contribution is 0.0959. The van der Waals surface area contributed by atoms with Gasteiger partial charge in [0.25, 0.3) is 5.91 Å². The van der Waals surface area contributed by atoms with E-state index in [1.807, 2.05) is 43.5 Å². The molecule has 1 aromatic heterocycles. The number of para-hydroxylation sites is 1. The molecule has 1 N–H and O–H groups in total. The number of thiophene rings is 1. The number of rotatable bonds is 6. The summed E-state index contributed by atoms with van der Waals surface area (Å²) in [5.74, 6) is 0.997. The summed E-state index contributed by atoms with van der Waals surface area (Å²) in [4.78, 5) is 12.4. The molecule has 0 aliphatic rings. The van der Waals surface area contributed by atoms with Gasteiger partial charge in [-0.25, -0.2) is 5.43 Å². The van der Waals surface area contributed by atoms with E-state index in [2.05, 4.69) is 10.5 Å². The number of nitrogens with one attached hydrogen (secondary N) is 1. The number of amides is 1. The molecule has 0 aliphatic heterocycles. The van der Waals surface area contributed by atoms with Crippen LogP contribution in [0, 0.1) is 0 Å². The molecule has 116 valence electrons. The molecule has 0 atom stereocenters. The molecule has 0 saturated carbocycles. The van der Waals surface area contributed by atoms with E-state index in [0.29, 0.717) is 16.4 Å². The van der Waals surface area contributed by atoms with Gasteiger partial charge in [0.2, 0.25) is 0 Å². The van der Waals surface area contributed by atoms with Gasteiger partial charge in [0.05, 0.1) is 24.3 Å². The molecule has 5 nitrogen and oxygen atoms in total. The minimum absolute atomic E-state index is 0.00385. The molecule has 0 fully saturated rings. The Morgan fingerprint density at radius 1 is 1.32 bits per heavy atom. The molecule has 0 radical (unpaired) electrons. The zero-order valence-electron chi connectivity index (χ0n) is 12.7. The monoisotopic (exact) mass is 318 g/mol. The first kappa shape index (κ1) is 16.0. The first-order valence-corrected chi connectivity index (χ1v) is 7.70. The number of nitrogens with zero attached hydrogens (tertiary/aromatic N) is 1. The van der Waals surface area contributed by atoms with Crippen molar-refractivity contribution in [3.8, 4) is 11.5 Å². The summed E-state index contributed by atoms with van der Waals surface area (Å²) >= 11 is 1.36. The Kier molecular flexibility index (Phi) is 5.55. The minimum atomic E-state index is -0.236. The summed E-state index contributed by atoms with van der Waals surface area (Å²) in [6, 6.07) is 9.07. The highest BCUT2D eigenvalue weighted by atomic mass is 32.1. The number of hydrazone groups is 1. The Morgan fingerprint density at radius 3 is 2.77 bits per heavy atom. The Labute approximate surface area is 133 Å². The quantitative estimate of drug-likeness (QED) is 0.656. The molecule has 1 aromatic carbocycles. The van der Waals surface area contributed by atoms with Crippen molar-refractivity contribution in [3.05, 3.63) is 46.2 Å². The number of hydrogen-bond acceptors (Lipinski definition) is 5. The Morgan fingerprint density at radius 2 is 2.14 bits per heavy atom. The van der Waals surface area contributed by atoms with Crippen LogP contribution in [-0.2, 0) is 0 Å². The number of benzene rings is 1. The Balaban J connectivity index is 2.14. The van der Waals surface area contributed by atoms with Crippen molar-refractivity contribution in [1.29, 1.82) is 0 Å². The molecule has 6 heteroatoms. The molecule has 2 aromatic rings. The fourth-order valence-corrected chi connectivity index (χ4v) is 2.39. The lowest BCUT2D eigenvalue weighted by atomic mass is 10.2. The normalized spacial score (nSPS) is 10.9. The van der Waals surface area contributed by atoms with Gasteiger partial charge in [-0.3, -0.25) is 4.79 Å². The molecular weight excluding hydrogens is 300 g/mol. The van der Waals surface area contributed by atoms with Crippen LogP contribution in [0.3, 0.4) is 0 Å². The summed E-state index contributed by atoms with van der Waals surface area (Å²) in [7, 11) is 1.59. The maximum absolute atomic E-state index is 11.8. The van der Waals surface area contributed by atoms with E-state index >= 15 is 0 Å². The van der Waals surface area contributed by atoms with Gasteiger partial charge in [-0.15, -0.1) is 11.3 Å². The average molecular weight is 318 g/mol. The highest BCUT2D eigenvalue weighted by Crippen LogP contribution is 2.30. The third-order valence-electron chi connectivity index (χ3n) is 2.70. The number of carbonyl (C=O) groups is 1. The highest BCUT2D eigenvalue weighted by Gasteiger charge is 2.11. The molecule has 0 bridgehead atoms. The van der Waals surface area contributed by atoms with Gasteiger partial charge in [-0.2, -0.15) is 5.10 Å².